The zero-order valence-corrected chi connectivity index (χ0v) is 14.4. The standard InChI is InChI=1S/C18H22BrNO/c1-4-20-12-15(13(2)3)11-17-9-10-18(21-17)14-5-7-16(19)8-6-14/h5-11,13,20H,4,12H2,1-3H3. The molecule has 2 nitrogen and oxygen atoms in total. The molecule has 0 unspecified atom stereocenters. The second-order valence-corrected chi connectivity index (χ2v) is 6.28. The highest BCUT2D eigenvalue weighted by molar-refractivity contribution is 9.10. The Morgan fingerprint density at radius 2 is 1.90 bits per heavy atom. The van der Waals surface area contributed by atoms with Crippen LogP contribution in [0.4, 0.5) is 0 Å². The fourth-order valence-corrected chi connectivity index (χ4v) is 2.34. The lowest BCUT2D eigenvalue weighted by Gasteiger charge is -2.11. The van der Waals surface area contributed by atoms with Gasteiger partial charge in [0.2, 0.25) is 0 Å². The molecule has 2 aromatic rings. The Balaban J connectivity index is 2.20. The van der Waals surface area contributed by atoms with Crippen LogP contribution < -0.4 is 5.32 Å². The summed E-state index contributed by atoms with van der Waals surface area (Å²) in [6, 6.07) is 12.2. The van der Waals surface area contributed by atoms with E-state index < -0.39 is 0 Å². The summed E-state index contributed by atoms with van der Waals surface area (Å²) in [4.78, 5) is 0. The van der Waals surface area contributed by atoms with Gasteiger partial charge in [-0.1, -0.05) is 54.4 Å². The molecule has 2 rings (SSSR count). The Bertz CT molecular complexity index is 596. The Morgan fingerprint density at radius 3 is 2.52 bits per heavy atom. The van der Waals surface area contributed by atoms with E-state index in [2.05, 4.69) is 60.2 Å². The van der Waals surface area contributed by atoms with Crippen molar-refractivity contribution in [2.24, 2.45) is 5.92 Å². The SMILES string of the molecule is CCNCC(=Cc1ccc(-c2ccc(Br)cc2)o1)C(C)C. The number of furan rings is 1. The molecule has 0 saturated carbocycles. The molecule has 0 radical (unpaired) electrons. The third-order valence-corrected chi connectivity index (χ3v) is 3.93. The lowest BCUT2D eigenvalue weighted by atomic mass is 10.0. The Labute approximate surface area is 135 Å². The summed E-state index contributed by atoms with van der Waals surface area (Å²) < 4.78 is 7.03. The zero-order valence-electron chi connectivity index (χ0n) is 12.8. The first kappa shape index (κ1) is 16.1. The number of hydrogen-bond donors (Lipinski definition) is 1. The van der Waals surface area contributed by atoms with Crippen molar-refractivity contribution in [1.82, 2.24) is 5.32 Å². The molecule has 0 aliphatic carbocycles. The second kappa shape index (κ2) is 7.62. The number of nitrogens with one attached hydrogen (secondary N) is 1. The average Bonchev–Trinajstić information content (AvgIpc) is 2.92. The molecule has 1 heterocycles. The van der Waals surface area contributed by atoms with Crippen molar-refractivity contribution in [3.8, 4) is 11.3 Å². The Hall–Kier alpha value is -1.32. The van der Waals surface area contributed by atoms with E-state index in [1.54, 1.807) is 0 Å². The van der Waals surface area contributed by atoms with Gasteiger partial charge < -0.3 is 9.73 Å². The van der Waals surface area contributed by atoms with Crippen molar-refractivity contribution in [3.05, 3.63) is 52.2 Å². The van der Waals surface area contributed by atoms with Crippen LogP contribution in [-0.4, -0.2) is 13.1 Å². The predicted molar refractivity (Wildman–Crippen MR) is 93.2 cm³/mol. The van der Waals surface area contributed by atoms with Gasteiger partial charge in [-0.3, -0.25) is 0 Å². The molecule has 1 N–H and O–H groups in total. The molecule has 3 heteroatoms. The van der Waals surface area contributed by atoms with E-state index in [-0.39, 0.29) is 0 Å². The van der Waals surface area contributed by atoms with E-state index in [0.717, 1.165) is 34.6 Å². The summed E-state index contributed by atoms with van der Waals surface area (Å²) in [6.07, 6.45) is 2.15. The van der Waals surface area contributed by atoms with E-state index in [4.69, 9.17) is 4.42 Å². The minimum absolute atomic E-state index is 0.505. The number of benzene rings is 1. The lowest BCUT2D eigenvalue weighted by Crippen LogP contribution is -2.18. The van der Waals surface area contributed by atoms with Crippen molar-refractivity contribution in [1.29, 1.82) is 0 Å². The quantitative estimate of drug-likeness (QED) is 0.760. The topological polar surface area (TPSA) is 25.2 Å². The summed E-state index contributed by atoms with van der Waals surface area (Å²) in [6.45, 7) is 8.43. The molecular formula is C18H22BrNO. The number of hydrogen-bond acceptors (Lipinski definition) is 2. The molecule has 0 aliphatic rings. The first-order valence-corrected chi connectivity index (χ1v) is 8.16. The lowest BCUT2D eigenvalue weighted by molar-refractivity contribution is 0.569. The first-order chi connectivity index (χ1) is 10.1. The zero-order chi connectivity index (χ0) is 15.2. The smallest absolute Gasteiger partial charge is 0.134 e. The first-order valence-electron chi connectivity index (χ1n) is 7.37. The van der Waals surface area contributed by atoms with Crippen LogP contribution in [0.3, 0.4) is 0 Å². The maximum atomic E-state index is 5.95. The summed E-state index contributed by atoms with van der Waals surface area (Å²) in [5, 5.41) is 3.38. The molecule has 0 saturated heterocycles. The third kappa shape index (κ3) is 4.58. The van der Waals surface area contributed by atoms with Crippen molar-refractivity contribution in [2.75, 3.05) is 13.1 Å². The minimum atomic E-state index is 0.505. The van der Waals surface area contributed by atoms with Crippen LogP contribution in [-0.2, 0) is 0 Å². The highest BCUT2D eigenvalue weighted by Gasteiger charge is 2.07. The highest BCUT2D eigenvalue weighted by Crippen LogP contribution is 2.25. The minimum Gasteiger partial charge on any atom is -0.457 e. The largest absolute Gasteiger partial charge is 0.457 e. The Morgan fingerprint density at radius 1 is 1.19 bits per heavy atom. The average molecular weight is 348 g/mol. The predicted octanol–water partition coefficient (Wildman–Crippen LogP) is 5.36. The summed E-state index contributed by atoms with van der Waals surface area (Å²) in [7, 11) is 0. The van der Waals surface area contributed by atoms with Gasteiger partial charge >= 0.3 is 0 Å². The maximum Gasteiger partial charge on any atom is 0.134 e. The molecule has 0 aliphatic heterocycles. The molecule has 1 aromatic carbocycles. The van der Waals surface area contributed by atoms with E-state index >= 15 is 0 Å². The van der Waals surface area contributed by atoms with Gasteiger partial charge in [-0.05, 0) is 42.8 Å². The number of halogens is 1. The van der Waals surface area contributed by atoms with E-state index in [0.29, 0.717) is 5.92 Å². The number of rotatable bonds is 6. The van der Waals surface area contributed by atoms with Crippen LogP contribution in [0.25, 0.3) is 17.4 Å². The third-order valence-electron chi connectivity index (χ3n) is 3.40. The highest BCUT2D eigenvalue weighted by atomic mass is 79.9. The molecule has 0 bridgehead atoms. The van der Waals surface area contributed by atoms with Gasteiger partial charge in [0.05, 0.1) is 0 Å². The van der Waals surface area contributed by atoms with Gasteiger partial charge in [0.15, 0.2) is 0 Å². The van der Waals surface area contributed by atoms with Crippen molar-refractivity contribution in [2.45, 2.75) is 20.8 Å². The normalized spacial score (nSPS) is 12.1. The van der Waals surface area contributed by atoms with Gasteiger partial charge in [0.25, 0.3) is 0 Å². The van der Waals surface area contributed by atoms with Crippen molar-refractivity contribution in [3.63, 3.8) is 0 Å². The fourth-order valence-electron chi connectivity index (χ4n) is 2.07. The van der Waals surface area contributed by atoms with Gasteiger partial charge in [-0.25, -0.2) is 0 Å². The molecule has 0 amide bonds. The van der Waals surface area contributed by atoms with Gasteiger partial charge in [0.1, 0.15) is 11.5 Å². The number of likely N-dealkylation sites (N-methyl/N-ethyl adjacent to an activating group) is 1. The summed E-state index contributed by atoms with van der Waals surface area (Å²) in [5.41, 5.74) is 2.45. The van der Waals surface area contributed by atoms with Crippen LogP contribution in [0, 0.1) is 5.92 Å². The van der Waals surface area contributed by atoms with Gasteiger partial charge in [0, 0.05) is 16.6 Å². The Kier molecular flexibility index (Phi) is 5.83. The van der Waals surface area contributed by atoms with Crippen LogP contribution in [0.5, 0.6) is 0 Å². The molecule has 0 fully saturated rings. The van der Waals surface area contributed by atoms with Crippen LogP contribution in [0.2, 0.25) is 0 Å². The van der Waals surface area contributed by atoms with Crippen LogP contribution >= 0.6 is 15.9 Å². The second-order valence-electron chi connectivity index (χ2n) is 5.36. The molecule has 0 atom stereocenters. The molecule has 1 aromatic heterocycles. The monoisotopic (exact) mass is 347 g/mol. The summed E-state index contributed by atoms with van der Waals surface area (Å²) >= 11 is 3.45. The van der Waals surface area contributed by atoms with Crippen LogP contribution in [0.15, 0.2) is 50.9 Å². The van der Waals surface area contributed by atoms with Crippen molar-refractivity contribution < 1.29 is 4.42 Å². The van der Waals surface area contributed by atoms with E-state index in [1.165, 1.54) is 5.57 Å². The molecule has 112 valence electrons. The molecule has 21 heavy (non-hydrogen) atoms. The van der Waals surface area contributed by atoms with Gasteiger partial charge in [-0.2, -0.15) is 0 Å². The summed E-state index contributed by atoms with van der Waals surface area (Å²) in [5.74, 6) is 2.32. The van der Waals surface area contributed by atoms with E-state index in [1.807, 2.05) is 24.3 Å². The molecule has 0 spiro atoms. The van der Waals surface area contributed by atoms with Gasteiger partial charge in [-0.15, -0.1) is 0 Å². The fraction of sp³-hybridized carbons (Fsp3) is 0.333. The van der Waals surface area contributed by atoms with Crippen LogP contribution in [0.1, 0.15) is 26.5 Å². The maximum absolute atomic E-state index is 5.95. The van der Waals surface area contributed by atoms with E-state index in [9.17, 15) is 0 Å². The van der Waals surface area contributed by atoms with Crippen molar-refractivity contribution >= 4 is 22.0 Å². The molecular weight excluding hydrogens is 326 g/mol.